The zero-order chi connectivity index (χ0) is 14.7. The van der Waals surface area contributed by atoms with E-state index in [-0.39, 0.29) is 11.9 Å². The molecule has 0 spiro atoms. The maximum atomic E-state index is 12.4. The Morgan fingerprint density at radius 1 is 1.10 bits per heavy atom. The molecule has 0 aliphatic heterocycles. The maximum Gasteiger partial charge on any atom is 0.274 e. The number of amides is 1. The lowest BCUT2D eigenvalue weighted by molar-refractivity contribution is 0.0736. The molecule has 0 unspecified atom stereocenters. The topological polar surface area (TPSA) is 46.1 Å². The highest BCUT2D eigenvalue weighted by Gasteiger charge is 2.20. The molecule has 2 rings (SSSR count). The zero-order valence-corrected chi connectivity index (χ0v) is 12.3. The summed E-state index contributed by atoms with van der Waals surface area (Å²) in [6.07, 6.45) is 3.13. The van der Waals surface area contributed by atoms with E-state index in [0.29, 0.717) is 5.69 Å². The van der Waals surface area contributed by atoms with Crippen LogP contribution in [0.2, 0.25) is 0 Å². The van der Waals surface area contributed by atoms with Crippen molar-refractivity contribution in [1.29, 1.82) is 0 Å². The third-order valence-corrected chi connectivity index (χ3v) is 3.46. The van der Waals surface area contributed by atoms with Crippen LogP contribution < -0.4 is 0 Å². The highest BCUT2D eigenvalue weighted by molar-refractivity contribution is 5.92. The molecule has 104 valence electrons. The van der Waals surface area contributed by atoms with Gasteiger partial charge in [-0.05, 0) is 26.3 Å². The highest BCUT2D eigenvalue weighted by atomic mass is 16.2. The average Bonchev–Trinajstić information content (AvgIpc) is 2.46. The van der Waals surface area contributed by atoms with Crippen molar-refractivity contribution in [3.63, 3.8) is 0 Å². The van der Waals surface area contributed by atoms with Gasteiger partial charge in [-0.25, -0.2) is 4.98 Å². The van der Waals surface area contributed by atoms with Crippen LogP contribution in [-0.2, 0) is 0 Å². The Morgan fingerprint density at radius 2 is 1.75 bits per heavy atom. The second kappa shape index (κ2) is 5.82. The molecule has 4 heteroatoms. The van der Waals surface area contributed by atoms with Crippen molar-refractivity contribution >= 4 is 5.91 Å². The highest BCUT2D eigenvalue weighted by Crippen LogP contribution is 2.20. The number of hydrogen-bond donors (Lipinski definition) is 0. The lowest BCUT2D eigenvalue weighted by atomic mass is 10.1. The first-order valence-electron chi connectivity index (χ1n) is 6.61. The molecule has 1 atom stereocenters. The van der Waals surface area contributed by atoms with Gasteiger partial charge in [0.25, 0.3) is 5.91 Å². The molecule has 2 aromatic rings. The number of carbonyl (C=O) groups excluding carboxylic acids is 1. The van der Waals surface area contributed by atoms with E-state index in [1.54, 1.807) is 18.1 Å². The lowest BCUT2D eigenvalue weighted by Gasteiger charge is -2.25. The summed E-state index contributed by atoms with van der Waals surface area (Å²) in [6.45, 7) is 5.90. The van der Waals surface area contributed by atoms with Gasteiger partial charge in [-0.3, -0.25) is 9.78 Å². The van der Waals surface area contributed by atoms with Gasteiger partial charge in [0.05, 0.1) is 17.9 Å². The number of carbonyl (C=O) groups is 1. The van der Waals surface area contributed by atoms with Gasteiger partial charge in [0.2, 0.25) is 0 Å². The van der Waals surface area contributed by atoms with Crippen LogP contribution in [0.5, 0.6) is 0 Å². The van der Waals surface area contributed by atoms with Crippen molar-refractivity contribution in [2.45, 2.75) is 26.8 Å². The van der Waals surface area contributed by atoms with Gasteiger partial charge < -0.3 is 4.90 Å². The number of benzene rings is 1. The third kappa shape index (κ3) is 3.02. The Labute approximate surface area is 119 Å². The molecule has 0 aliphatic rings. The molecule has 0 N–H and O–H groups in total. The molecule has 0 radical (unpaired) electrons. The van der Waals surface area contributed by atoms with Crippen LogP contribution in [0.4, 0.5) is 0 Å². The van der Waals surface area contributed by atoms with E-state index in [2.05, 4.69) is 22.1 Å². The van der Waals surface area contributed by atoms with E-state index in [9.17, 15) is 4.79 Å². The fourth-order valence-electron chi connectivity index (χ4n) is 1.93. The minimum atomic E-state index is -0.120. The Balaban J connectivity index is 2.17. The fraction of sp³-hybridized carbons (Fsp3) is 0.312. The molecule has 0 saturated heterocycles. The normalized spacial score (nSPS) is 12.0. The molecule has 1 amide bonds. The van der Waals surface area contributed by atoms with Gasteiger partial charge in [-0.2, -0.15) is 0 Å². The van der Waals surface area contributed by atoms with Gasteiger partial charge >= 0.3 is 0 Å². The second-order valence-electron chi connectivity index (χ2n) is 5.05. The summed E-state index contributed by atoms with van der Waals surface area (Å²) >= 11 is 0. The van der Waals surface area contributed by atoms with Gasteiger partial charge in [0.1, 0.15) is 5.69 Å². The van der Waals surface area contributed by atoms with Crippen molar-refractivity contribution in [3.05, 3.63) is 59.2 Å². The summed E-state index contributed by atoms with van der Waals surface area (Å²) in [7, 11) is 1.79. The fourth-order valence-corrected chi connectivity index (χ4v) is 1.93. The Morgan fingerprint density at radius 3 is 2.30 bits per heavy atom. The van der Waals surface area contributed by atoms with E-state index >= 15 is 0 Å². The number of rotatable bonds is 3. The monoisotopic (exact) mass is 269 g/mol. The molecule has 1 aromatic carbocycles. The molecular weight excluding hydrogens is 250 g/mol. The molecular formula is C16H19N3O. The SMILES string of the molecule is Cc1ccc([C@@H](C)N(C)C(=O)c2cnc(C)cn2)cc1. The Bertz CT molecular complexity index is 590. The Kier molecular flexibility index (Phi) is 4.13. The maximum absolute atomic E-state index is 12.4. The molecule has 0 fully saturated rings. The number of nitrogens with zero attached hydrogens (tertiary/aromatic N) is 3. The van der Waals surface area contributed by atoms with Crippen molar-refractivity contribution in [2.75, 3.05) is 7.05 Å². The van der Waals surface area contributed by atoms with Gasteiger partial charge in [-0.15, -0.1) is 0 Å². The van der Waals surface area contributed by atoms with Crippen LogP contribution in [0.1, 0.15) is 40.3 Å². The molecule has 4 nitrogen and oxygen atoms in total. The molecule has 20 heavy (non-hydrogen) atoms. The summed E-state index contributed by atoms with van der Waals surface area (Å²) in [5.41, 5.74) is 3.48. The predicted molar refractivity (Wildman–Crippen MR) is 78.5 cm³/mol. The molecule has 0 bridgehead atoms. The first kappa shape index (κ1) is 14.2. The van der Waals surface area contributed by atoms with Crippen LogP contribution in [0.3, 0.4) is 0 Å². The largest absolute Gasteiger partial charge is 0.334 e. The average molecular weight is 269 g/mol. The smallest absolute Gasteiger partial charge is 0.274 e. The van der Waals surface area contributed by atoms with Crippen LogP contribution >= 0.6 is 0 Å². The molecule has 1 aromatic heterocycles. The standard InChI is InChI=1S/C16H19N3O/c1-11-5-7-14(8-6-11)13(3)19(4)16(20)15-10-17-12(2)9-18-15/h5-10,13H,1-4H3/t13-/m1/s1. The first-order valence-corrected chi connectivity index (χ1v) is 6.61. The van der Waals surface area contributed by atoms with Crippen LogP contribution in [0.15, 0.2) is 36.7 Å². The lowest BCUT2D eigenvalue weighted by Crippen LogP contribution is -2.30. The second-order valence-corrected chi connectivity index (χ2v) is 5.05. The summed E-state index contributed by atoms with van der Waals surface area (Å²) < 4.78 is 0. The summed E-state index contributed by atoms with van der Waals surface area (Å²) in [6, 6.07) is 8.19. The zero-order valence-electron chi connectivity index (χ0n) is 12.3. The van der Waals surface area contributed by atoms with E-state index < -0.39 is 0 Å². The molecule has 0 saturated carbocycles. The minimum Gasteiger partial charge on any atom is -0.334 e. The summed E-state index contributed by atoms with van der Waals surface area (Å²) in [5.74, 6) is -0.120. The Hall–Kier alpha value is -2.23. The third-order valence-electron chi connectivity index (χ3n) is 3.46. The van der Waals surface area contributed by atoms with Crippen LogP contribution in [-0.4, -0.2) is 27.8 Å². The molecule has 0 aliphatic carbocycles. The molecule has 1 heterocycles. The van der Waals surface area contributed by atoms with E-state index in [4.69, 9.17) is 0 Å². The van der Waals surface area contributed by atoms with Crippen molar-refractivity contribution in [3.8, 4) is 0 Å². The van der Waals surface area contributed by atoms with Gasteiger partial charge in [0, 0.05) is 13.2 Å². The van der Waals surface area contributed by atoms with Crippen molar-refractivity contribution in [2.24, 2.45) is 0 Å². The van der Waals surface area contributed by atoms with E-state index in [1.165, 1.54) is 11.8 Å². The van der Waals surface area contributed by atoms with Crippen molar-refractivity contribution in [1.82, 2.24) is 14.9 Å². The van der Waals surface area contributed by atoms with Gasteiger partial charge in [-0.1, -0.05) is 29.8 Å². The van der Waals surface area contributed by atoms with Crippen LogP contribution in [0.25, 0.3) is 0 Å². The van der Waals surface area contributed by atoms with E-state index in [1.807, 2.05) is 32.9 Å². The number of aromatic nitrogens is 2. The quantitative estimate of drug-likeness (QED) is 0.860. The first-order chi connectivity index (χ1) is 9.49. The number of hydrogen-bond acceptors (Lipinski definition) is 3. The summed E-state index contributed by atoms with van der Waals surface area (Å²) in [5, 5.41) is 0. The minimum absolute atomic E-state index is 0.00815. The van der Waals surface area contributed by atoms with Crippen molar-refractivity contribution < 1.29 is 4.79 Å². The number of aryl methyl sites for hydroxylation is 2. The summed E-state index contributed by atoms with van der Waals surface area (Å²) in [4.78, 5) is 22.3. The van der Waals surface area contributed by atoms with Crippen LogP contribution in [0, 0.1) is 13.8 Å². The predicted octanol–water partition coefficient (Wildman–Crippen LogP) is 2.93. The van der Waals surface area contributed by atoms with E-state index in [0.717, 1.165) is 11.3 Å². The van der Waals surface area contributed by atoms with Gasteiger partial charge in [0.15, 0.2) is 0 Å².